The lowest BCUT2D eigenvalue weighted by atomic mass is 10.4. The van der Waals surface area contributed by atoms with E-state index in [2.05, 4.69) is 16.6 Å². The zero-order chi connectivity index (χ0) is 10.8. The Morgan fingerprint density at radius 1 is 1.60 bits per heavy atom. The second kappa shape index (κ2) is 3.43. The first kappa shape index (κ1) is 9.23. The van der Waals surface area contributed by atoms with Crippen molar-refractivity contribution < 1.29 is 9.36 Å². The van der Waals surface area contributed by atoms with Crippen LogP contribution >= 0.6 is 0 Å². The van der Waals surface area contributed by atoms with Crippen LogP contribution in [-0.4, -0.2) is 12.6 Å². The van der Waals surface area contributed by atoms with E-state index >= 15 is 0 Å². The summed E-state index contributed by atoms with van der Waals surface area (Å²) in [5.41, 5.74) is 8.58. The maximum atomic E-state index is 11.7. The van der Waals surface area contributed by atoms with Gasteiger partial charge in [-0.1, -0.05) is 6.07 Å². The Hall–Kier alpha value is -2.33. The molecule has 6 heteroatoms. The summed E-state index contributed by atoms with van der Waals surface area (Å²) in [5, 5.41) is 3.37. The molecular formula is C9H8N5O+. The summed E-state index contributed by atoms with van der Waals surface area (Å²) in [6.45, 7) is 3.66. The van der Waals surface area contributed by atoms with Crippen LogP contribution < -0.4 is 9.47 Å². The summed E-state index contributed by atoms with van der Waals surface area (Å²) in [6.07, 6.45) is 1.74. The number of amides is 1. The predicted octanol–water partition coefficient (Wildman–Crippen LogP) is 1.06. The molecule has 0 N–H and O–H groups in total. The summed E-state index contributed by atoms with van der Waals surface area (Å²) < 4.78 is 1.66. The summed E-state index contributed by atoms with van der Waals surface area (Å²) in [7, 11) is 0. The number of carbonyl (C=O) groups is 1. The number of aromatic nitrogens is 1. The van der Waals surface area contributed by atoms with Crippen molar-refractivity contribution in [3.63, 3.8) is 0 Å². The molecule has 0 aliphatic carbocycles. The van der Waals surface area contributed by atoms with Gasteiger partial charge in [0.15, 0.2) is 6.67 Å². The lowest BCUT2D eigenvalue weighted by Gasteiger charge is -2.01. The lowest BCUT2D eigenvalue weighted by Crippen LogP contribution is -2.28. The van der Waals surface area contributed by atoms with Gasteiger partial charge in [0.1, 0.15) is 0 Å². The highest BCUT2D eigenvalue weighted by Crippen LogP contribution is 2.19. The first-order valence-electron chi connectivity index (χ1n) is 4.28. The van der Waals surface area contributed by atoms with Gasteiger partial charge >= 0.3 is 5.91 Å². The molecule has 0 radical (unpaired) electrons. The maximum absolute atomic E-state index is 11.7. The van der Waals surface area contributed by atoms with Crippen LogP contribution in [0.2, 0.25) is 0 Å². The molecule has 15 heavy (non-hydrogen) atoms. The Bertz CT molecular complexity index is 489. The first-order valence-corrected chi connectivity index (χ1v) is 4.28. The predicted molar refractivity (Wildman–Crippen MR) is 53.5 cm³/mol. The summed E-state index contributed by atoms with van der Waals surface area (Å²) in [5.74, 6) is 0.425. The molecule has 0 unspecified atom stereocenters. The fraction of sp³-hybridized carbons (Fsp3) is 0.111. The van der Waals surface area contributed by atoms with Gasteiger partial charge < -0.3 is 0 Å². The highest BCUT2D eigenvalue weighted by Gasteiger charge is 2.39. The fourth-order valence-electron chi connectivity index (χ4n) is 1.47. The molecule has 0 fully saturated rings. The van der Waals surface area contributed by atoms with Gasteiger partial charge in [0.25, 0.3) is 5.82 Å². The van der Waals surface area contributed by atoms with Crippen LogP contribution in [0.25, 0.3) is 16.1 Å². The van der Waals surface area contributed by atoms with E-state index in [1.807, 2.05) is 0 Å². The van der Waals surface area contributed by atoms with Crippen molar-refractivity contribution in [1.82, 2.24) is 0 Å². The molecule has 0 saturated carbocycles. The van der Waals surface area contributed by atoms with Gasteiger partial charge in [0, 0.05) is 11.0 Å². The third kappa shape index (κ3) is 1.33. The molecule has 1 aromatic rings. The largest absolute Gasteiger partial charge is 0.380 e. The van der Waals surface area contributed by atoms with Gasteiger partial charge in [-0.2, -0.15) is 9.47 Å². The zero-order valence-electron chi connectivity index (χ0n) is 7.87. The fourth-order valence-corrected chi connectivity index (χ4v) is 1.47. The molecule has 74 valence electrons. The van der Waals surface area contributed by atoms with Crippen molar-refractivity contribution in [2.24, 2.45) is 5.11 Å². The molecule has 0 saturated heterocycles. The standard InChI is InChI=1S/C9H8N5O/c1-7-9(15)14(6-11-12-10)8-4-2-3-5-13(7)8/h2-5H,1,6H2/q+1. The average Bonchev–Trinajstić information content (AvgIpc) is 2.51. The number of hydrogen-bond acceptors (Lipinski definition) is 2. The molecule has 6 nitrogen and oxygen atoms in total. The molecule has 0 aromatic carbocycles. The number of fused-ring (bicyclic) bond motifs is 1. The summed E-state index contributed by atoms with van der Waals surface area (Å²) >= 11 is 0. The van der Waals surface area contributed by atoms with E-state index in [4.69, 9.17) is 5.53 Å². The quantitative estimate of drug-likeness (QED) is 0.232. The van der Waals surface area contributed by atoms with Crippen LogP contribution in [0.3, 0.4) is 0 Å². The second-order valence-electron chi connectivity index (χ2n) is 2.98. The Morgan fingerprint density at radius 2 is 2.40 bits per heavy atom. The minimum Gasteiger partial charge on any atom is -0.236 e. The highest BCUT2D eigenvalue weighted by atomic mass is 16.2. The Labute approximate surface area is 85.7 Å². The van der Waals surface area contributed by atoms with Gasteiger partial charge in [-0.25, -0.2) is 4.79 Å². The molecule has 1 aliphatic heterocycles. The molecule has 0 atom stereocenters. The molecule has 1 amide bonds. The number of carbonyl (C=O) groups excluding carboxylic acids is 1. The van der Waals surface area contributed by atoms with Crippen molar-refractivity contribution in [3.05, 3.63) is 41.4 Å². The smallest absolute Gasteiger partial charge is 0.236 e. The van der Waals surface area contributed by atoms with E-state index in [1.165, 1.54) is 4.90 Å². The number of rotatable bonds is 2. The topological polar surface area (TPSA) is 73.0 Å². The van der Waals surface area contributed by atoms with Gasteiger partial charge in [0.05, 0.1) is 6.20 Å². The molecular weight excluding hydrogens is 194 g/mol. The summed E-state index contributed by atoms with van der Waals surface area (Å²) in [6, 6.07) is 5.38. The van der Waals surface area contributed by atoms with E-state index < -0.39 is 0 Å². The number of pyridine rings is 1. The number of hydrogen-bond donors (Lipinski definition) is 0. The highest BCUT2D eigenvalue weighted by molar-refractivity contribution is 6.19. The van der Waals surface area contributed by atoms with Crippen molar-refractivity contribution in [3.8, 4) is 0 Å². The number of nitrogens with zero attached hydrogens (tertiary/aromatic N) is 5. The minimum atomic E-state index is -0.242. The lowest BCUT2D eigenvalue weighted by molar-refractivity contribution is -0.557. The normalized spacial score (nSPS) is 13.7. The van der Waals surface area contributed by atoms with Crippen molar-refractivity contribution in [2.45, 2.75) is 0 Å². The SMILES string of the molecule is C=C1C(=O)N(CN=[N+]=[N-])c2cccc[n+]21. The van der Waals surface area contributed by atoms with Crippen LogP contribution in [0.4, 0.5) is 5.82 Å². The second-order valence-corrected chi connectivity index (χ2v) is 2.98. The Balaban J connectivity index is 2.46. The Kier molecular flexibility index (Phi) is 2.11. The Morgan fingerprint density at radius 3 is 3.13 bits per heavy atom. The van der Waals surface area contributed by atoms with Gasteiger partial charge in [-0.3, -0.25) is 0 Å². The molecule has 1 aliphatic rings. The molecule has 1 aromatic heterocycles. The number of azide groups is 1. The van der Waals surface area contributed by atoms with Gasteiger partial charge in [-0.15, -0.1) is 0 Å². The van der Waals surface area contributed by atoms with E-state index in [0.29, 0.717) is 11.5 Å². The zero-order valence-corrected chi connectivity index (χ0v) is 7.87. The number of anilines is 1. The van der Waals surface area contributed by atoms with Crippen molar-refractivity contribution in [1.29, 1.82) is 0 Å². The van der Waals surface area contributed by atoms with Gasteiger partial charge in [0.2, 0.25) is 5.70 Å². The van der Waals surface area contributed by atoms with Crippen molar-refractivity contribution >= 4 is 17.4 Å². The molecule has 0 spiro atoms. The minimum absolute atomic E-state index is 0.0155. The van der Waals surface area contributed by atoms with E-state index in [9.17, 15) is 4.79 Å². The van der Waals surface area contributed by atoms with Crippen LogP contribution in [0.15, 0.2) is 36.1 Å². The molecule has 2 heterocycles. The van der Waals surface area contributed by atoms with E-state index in [0.717, 1.165) is 0 Å². The van der Waals surface area contributed by atoms with Gasteiger partial charge in [-0.05, 0) is 23.3 Å². The monoisotopic (exact) mass is 202 g/mol. The third-order valence-electron chi connectivity index (χ3n) is 2.17. The van der Waals surface area contributed by atoms with Crippen LogP contribution in [0, 0.1) is 0 Å². The summed E-state index contributed by atoms with van der Waals surface area (Å²) in [4.78, 5) is 15.7. The van der Waals surface area contributed by atoms with Crippen molar-refractivity contribution in [2.75, 3.05) is 11.6 Å². The van der Waals surface area contributed by atoms with Crippen LogP contribution in [-0.2, 0) is 4.79 Å². The van der Waals surface area contributed by atoms with Crippen LogP contribution in [0.1, 0.15) is 0 Å². The van der Waals surface area contributed by atoms with Crippen LogP contribution in [0.5, 0.6) is 0 Å². The average molecular weight is 202 g/mol. The maximum Gasteiger partial charge on any atom is 0.380 e. The molecule has 2 rings (SSSR count). The molecule has 0 bridgehead atoms. The third-order valence-corrected chi connectivity index (χ3v) is 2.17. The van der Waals surface area contributed by atoms with E-state index in [-0.39, 0.29) is 12.6 Å². The van der Waals surface area contributed by atoms with E-state index in [1.54, 1.807) is 29.0 Å². The first-order chi connectivity index (χ1) is 7.25.